The third-order valence-corrected chi connectivity index (χ3v) is 3.30. The molecule has 0 aliphatic heterocycles. The number of carbonyl (C=O) groups is 2. The summed E-state index contributed by atoms with van der Waals surface area (Å²) < 4.78 is 10.5. The summed E-state index contributed by atoms with van der Waals surface area (Å²) in [5.74, 6) is -2.23. The Labute approximate surface area is 141 Å². The van der Waals surface area contributed by atoms with Crippen LogP contribution in [0.3, 0.4) is 0 Å². The van der Waals surface area contributed by atoms with Crippen molar-refractivity contribution in [2.75, 3.05) is 33.9 Å². The van der Waals surface area contributed by atoms with Crippen LogP contribution in [-0.2, 0) is 9.59 Å². The van der Waals surface area contributed by atoms with E-state index in [1.807, 2.05) is 18.2 Å². The number of aliphatic hydroxyl groups excluding tert-OH is 1. The van der Waals surface area contributed by atoms with Crippen LogP contribution in [0.4, 0.5) is 0 Å². The summed E-state index contributed by atoms with van der Waals surface area (Å²) in [6, 6.07) is 5.47. The molecule has 24 heavy (non-hydrogen) atoms. The molecule has 0 aliphatic rings. The number of hydrogen-bond donors (Lipinski definition) is 3. The van der Waals surface area contributed by atoms with E-state index >= 15 is 0 Å². The highest BCUT2D eigenvalue weighted by Gasteiger charge is 2.16. The van der Waals surface area contributed by atoms with Crippen molar-refractivity contribution in [3.05, 3.63) is 23.8 Å². The van der Waals surface area contributed by atoms with Crippen LogP contribution in [0, 0.1) is 0 Å². The molecule has 0 bridgehead atoms. The molecule has 136 valence electrons. The van der Waals surface area contributed by atoms with E-state index in [0.29, 0.717) is 12.3 Å². The Morgan fingerprint density at radius 1 is 1.08 bits per heavy atom. The van der Waals surface area contributed by atoms with Gasteiger partial charge in [0.1, 0.15) is 11.5 Å². The molecule has 0 radical (unpaired) electrons. The predicted octanol–water partition coefficient (Wildman–Crippen LogP) is 1.23. The van der Waals surface area contributed by atoms with Gasteiger partial charge in [-0.1, -0.05) is 13.8 Å². The molecule has 3 N–H and O–H groups in total. The highest BCUT2D eigenvalue weighted by molar-refractivity contribution is 6.27. The first-order chi connectivity index (χ1) is 11.3. The number of likely N-dealkylation sites (N-methyl/N-ethyl adjacent to an activating group) is 1. The first-order valence-corrected chi connectivity index (χ1v) is 7.39. The Morgan fingerprint density at radius 2 is 1.62 bits per heavy atom. The van der Waals surface area contributed by atoms with Gasteiger partial charge in [0.2, 0.25) is 0 Å². The second-order valence-electron chi connectivity index (χ2n) is 4.72. The third kappa shape index (κ3) is 7.30. The molecule has 8 heteroatoms. The van der Waals surface area contributed by atoms with E-state index in [0.717, 1.165) is 24.4 Å². The molecule has 0 aliphatic carbocycles. The summed E-state index contributed by atoms with van der Waals surface area (Å²) in [6.45, 7) is 6.59. The van der Waals surface area contributed by atoms with Crippen molar-refractivity contribution in [1.82, 2.24) is 4.90 Å². The number of carboxylic acids is 2. The lowest BCUT2D eigenvalue weighted by Gasteiger charge is -2.23. The lowest BCUT2D eigenvalue weighted by molar-refractivity contribution is -0.159. The summed E-state index contributed by atoms with van der Waals surface area (Å²) in [5.41, 5.74) is 0.767. The van der Waals surface area contributed by atoms with Gasteiger partial charge in [0.15, 0.2) is 0 Å². The van der Waals surface area contributed by atoms with Crippen LogP contribution >= 0.6 is 0 Å². The fourth-order valence-electron chi connectivity index (χ4n) is 1.92. The van der Waals surface area contributed by atoms with E-state index in [2.05, 4.69) is 18.7 Å². The quantitative estimate of drug-likeness (QED) is 0.633. The maximum Gasteiger partial charge on any atom is 0.414 e. The summed E-state index contributed by atoms with van der Waals surface area (Å²) in [7, 11) is 3.22. The van der Waals surface area contributed by atoms with Crippen molar-refractivity contribution in [3.8, 4) is 11.5 Å². The molecule has 0 amide bonds. The Kier molecular flexibility index (Phi) is 10.2. The number of rotatable bonds is 7. The van der Waals surface area contributed by atoms with E-state index in [4.69, 9.17) is 29.3 Å². The van der Waals surface area contributed by atoms with Gasteiger partial charge >= 0.3 is 11.9 Å². The highest BCUT2D eigenvalue weighted by Crippen LogP contribution is 2.29. The van der Waals surface area contributed by atoms with Crippen molar-refractivity contribution >= 4 is 11.9 Å². The van der Waals surface area contributed by atoms with Gasteiger partial charge in [-0.3, -0.25) is 0 Å². The fraction of sp³-hybridized carbons (Fsp3) is 0.500. The van der Waals surface area contributed by atoms with Gasteiger partial charge in [-0.15, -0.1) is 0 Å². The molecule has 0 fully saturated rings. The number of aliphatic hydroxyl groups is 1. The maximum absolute atomic E-state index is 10.3. The molecular weight excluding hydrogens is 318 g/mol. The molecule has 1 aromatic carbocycles. The SMILES string of the molecule is CCN(CC)CC(O)c1cc(OC)ccc1OC.O=C(O)C(=O)O. The van der Waals surface area contributed by atoms with Gasteiger partial charge in [0, 0.05) is 12.1 Å². The number of carboxylic acid groups (broad SMARTS) is 2. The zero-order valence-corrected chi connectivity index (χ0v) is 14.4. The first-order valence-electron chi connectivity index (χ1n) is 7.39. The van der Waals surface area contributed by atoms with Gasteiger partial charge < -0.3 is 29.7 Å². The molecule has 1 atom stereocenters. The minimum Gasteiger partial charge on any atom is -0.497 e. The maximum atomic E-state index is 10.3. The van der Waals surface area contributed by atoms with Crippen LogP contribution in [0.1, 0.15) is 25.5 Å². The second kappa shape index (κ2) is 11.3. The van der Waals surface area contributed by atoms with Crippen LogP contribution in [0.25, 0.3) is 0 Å². The third-order valence-electron chi connectivity index (χ3n) is 3.30. The number of nitrogens with zero attached hydrogens (tertiary/aromatic N) is 1. The zero-order chi connectivity index (χ0) is 18.7. The molecule has 0 saturated heterocycles. The van der Waals surface area contributed by atoms with E-state index in [-0.39, 0.29) is 0 Å². The molecule has 0 saturated carbocycles. The van der Waals surface area contributed by atoms with Gasteiger partial charge in [0.25, 0.3) is 0 Å². The molecule has 8 nitrogen and oxygen atoms in total. The summed E-state index contributed by atoms with van der Waals surface area (Å²) in [4.78, 5) is 20.4. The fourth-order valence-corrected chi connectivity index (χ4v) is 1.92. The highest BCUT2D eigenvalue weighted by atomic mass is 16.5. The van der Waals surface area contributed by atoms with Crippen LogP contribution < -0.4 is 9.47 Å². The Balaban J connectivity index is 0.000000754. The van der Waals surface area contributed by atoms with Crippen LogP contribution in [0.15, 0.2) is 18.2 Å². The minimum absolute atomic E-state index is 0.574. The minimum atomic E-state index is -1.82. The largest absolute Gasteiger partial charge is 0.497 e. The molecular formula is C16H25NO7. The molecule has 1 aromatic rings. The van der Waals surface area contributed by atoms with Crippen molar-refractivity contribution < 1.29 is 34.4 Å². The van der Waals surface area contributed by atoms with Crippen LogP contribution in [-0.4, -0.2) is 66.0 Å². The number of aliphatic carboxylic acids is 2. The van der Waals surface area contributed by atoms with Gasteiger partial charge in [0.05, 0.1) is 20.3 Å². The van der Waals surface area contributed by atoms with E-state index in [9.17, 15) is 5.11 Å². The van der Waals surface area contributed by atoms with Crippen molar-refractivity contribution in [2.24, 2.45) is 0 Å². The molecule has 0 heterocycles. The smallest absolute Gasteiger partial charge is 0.414 e. The van der Waals surface area contributed by atoms with Crippen LogP contribution in [0.5, 0.6) is 11.5 Å². The molecule has 1 unspecified atom stereocenters. The van der Waals surface area contributed by atoms with Gasteiger partial charge in [-0.25, -0.2) is 9.59 Å². The molecule has 1 rings (SSSR count). The van der Waals surface area contributed by atoms with Crippen molar-refractivity contribution in [2.45, 2.75) is 20.0 Å². The van der Waals surface area contributed by atoms with E-state index < -0.39 is 18.0 Å². The lowest BCUT2D eigenvalue weighted by Crippen LogP contribution is -2.28. The standard InChI is InChI=1S/C14H23NO3.C2H2O4/c1-5-15(6-2)10-13(16)12-9-11(17-3)7-8-14(12)18-4;3-1(4)2(5)6/h7-9,13,16H,5-6,10H2,1-4H3;(H,3,4)(H,5,6). The van der Waals surface area contributed by atoms with E-state index in [1.54, 1.807) is 14.2 Å². The topological polar surface area (TPSA) is 117 Å². The second-order valence-corrected chi connectivity index (χ2v) is 4.72. The Hall–Kier alpha value is -2.32. The first kappa shape index (κ1) is 21.7. The zero-order valence-electron chi connectivity index (χ0n) is 14.4. The summed E-state index contributed by atoms with van der Waals surface area (Å²) >= 11 is 0. The number of ether oxygens (including phenoxy) is 2. The van der Waals surface area contributed by atoms with Gasteiger partial charge in [-0.05, 0) is 31.3 Å². The average molecular weight is 343 g/mol. The predicted molar refractivity (Wildman–Crippen MR) is 87.6 cm³/mol. The van der Waals surface area contributed by atoms with Crippen LogP contribution in [0.2, 0.25) is 0 Å². The van der Waals surface area contributed by atoms with Crippen molar-refractivity contribution in [1.29, 1.82) is 0 Å². The number of hydrogen-bond acceptors (Lipinski definition) is 6. The lowest BCUT2D eigenvalue weighted by atomic mass is 10.1. The summed E-state index contributed by atoms with van der Waals surface area (Å²) in [6.07, 6.45) is -0.574. The molecule has 0 aromatic heterocycles. The normalized spacial score (nSPS) is 11.2. The van der Waals surface area contributed by atoms with Gasteiger partial charge in [-0.2, -0.15) is 0 Å². The number of methoxy groups -OCH3 is 2. The Morgan fingerprint density at radius 3 is 2.00 bits per heavy atom. The molecule has 0 spiro atoms. The van der Waals surface area contributed by atoms with Crippen molar-refractivity contribution in [3.63, 3.8) is 0 Å². The average Bonchev–Trinajstić information content (AvgIpc) is 2.59. The Bertz CT molecular complexity index is 517. The summed E-state index contributed by atoms with van der Waals surface area (Å²) in [5, 5.41) is 25.1. The number of benzene rings is 1. The van der Waals surface area contributed by atoms with E-state index in [1.165, 1.54) is 0 Å². The monoisotopic (exact) mass is 343 g/mol.